The van der Waals surface area contributed by atoms with E-state index in [2.05, 4.69) is 31.2 Å². The maximum absolute atomic E-state index is 11.9. The number of hydrogen-bond acceptors (Lipinski definition) is 2. The third kappa shape index (κ3) is 5.16. The van der Waals surface area contributed by atoms with Gasteiger partial charge in [0.05, 0.1) is 0 Å². The van der Waals surface area contributed by atoms with Gasteiger partial charge in [-0.05, 0) is 51.0 Å². The van der Waals surface area contributed by atoms with Crippen LogP contribution in [0.15, 0.2) is 24.3 Å². The van der Waals surface area contributed by atoms with Crippen LogP contribution in [0.5, 0.6) is 0 Å². The van der Waals surface area contributed by atoms with Gasteiger partial charge in [-0.2, -0.15) is 0 Å². The number of aryl methyl sites for hydroxylation is 2. The van der Waals surface area contributed by atoms with Gasteiger partial charge in [0.1, 0.15) is 6.61 Å². The van der Waals surface area contributed by atoms with E-state index in [1.54, 1.807) is 0 Å². The second-order valence-electron chi connectivity index (χ2n) is 5.99. The van der Waals surface area contributed by atoms with Gasteiger partial charge in [-0.1, -0.05) is 29.8 Å². The molecule has 1 aliphatic rings. The van der Waals surface area contributed by atoms with Gasteiger partial charge in [0.2, 0.25) is 5.91 Å². The molecule has 1 heterocycles. The van der Waals surface area contributed by atoms with E-state index in [1.807, 2.05) is 11.8 Å². The predicted octanol–water partition coefficient (Wildman–Crippen LogP) is 3.20. The summed E-state index contributed by atoms with van der Waals surface area (Å²) in [5, 5.41) is 0. The van der Waals surface area contributed by atoms with E-state index in [-0.39, 0.29) is 12.5 Å². The summed E-state index contributed by atoms with van der Waals surface area (Å²) in [6.45, 7) is 6.68. The zero-order valence-electron chi connectivity index (χ0n) is 13.3. The molecule has 21 heavy (non-hydrogen) atoms. The highest BCUT2D eigenvalue weighted by Crippen LogP contribution is 2.22. The highest BCUT2D eigenvalue weighted by molar-refractivity contribution is 5.77. The van der Waals surface area contributed by atoms with Gasteiger partial charge in [-0.25, -0.2) is 0 Å². The minimum atomic E-state index is 0.147. The Hall–Kier alpha value is -1.35. The van der Waals surface area contributed by atoms with Crippen molar-refractivity contribution in [3.8, 4) is 0 Å². The summed E-state index contributed by atoms with van der Waals surface area (Å²) in [5.74, 6) is 0.899. The molecule has 0 unspecified atom stereocenters. The molecule has 1 aromatic rings. The standard InChI is InChI=1S/C18H27NO2/c1-3-21-14-18(20)19-12-10-17(11-13-19)9-8-16-6-4-15(2)5-7-16/h4-7,17H,3,8-14H2,1-2H3. The molecule has 1 fully saturated rings. The first-order valence-corrected chi connectivity index (χ1v) is 8.10. The first kappa shape index (κ1) is 16.0. The molecule has 1 aliphatic heterocycles. The highest BCUT2D eigenvalue weighted by atomic mass is 16.5. The van der Waals surface area contributed by atoms with Gasteiger partial charge in [0, 0.05) is 19.7 Å². The zero-order chi connectivity index (χ0) is 15.1. The van der Waals surface area contributed by atoms with Gasteiger partial charge < -0.3 is 9.64 Å². The number of carbonyl (C=O) groups is 1. The fourth-order valence-electron chi connectivity index (χ4n) is 2.88. The number of hydrogen-bond donors (Lipinski definition) is 0. The molecule has 0 saturated carbocycles. The van der Waals surface area contributed by atoms with Crippen molar-refractivity contribution in [3.05, 3.63) is 35.4 Å². The van der Waals surface area contributed by atoms with Crippen molar-refractivity contribution in [2.45, 2.75) is 39.5 Å². The van der Waals surface area contributed by atoms with Crippen LogP contribution in [0.4, 0.5) is 0 Å². The number of ether oxygens (including phenoxy) is 1. The largest absolute Gasteiger partial charge is 0.372 e. The van der Waals surface area contributed by atoms with Gasteiger partial charge >= 0.3 is 0 Å². The Morgan fingerprint density at radius 3 is 2.52 bits per heavy atom. The SMILES string of the molecule is CCOCC(=O)N1CCC(CCc2ccc(C)cc2)CC1. The molecule has 0 N–H and O–H groups in total. The minimum absolute atomic E-state index is 0.147. The van der Waals surface area contributed by atoms with Crippen molar-refractivity contribution in [3.63, 3.8) is 0 Å². The number of amides is 1. The number of likely N-dealkylation sites (tertiary alicyclic amines) is 1. The smallest absolute Gasteiger partial charge is 0.248 e. The zero-order valence-corrected chi connectivity index (χ0v) is 13.3. The molecular weight excluding hydrogens is 262 g/mol. The lowest BCUT2D eigenvalue weighted by atomic mass is 9.90. The maximum atomic E-state index is 11.9. The Bertz CT molecular complexity index is 433. The quantitative estimate of drug-likeness (QED) is 0.805. The van der Waals surface area contributed by atoms with Crippen LogP contribution in [0.2, 0.25) is 0 Å². The summed E-state index contributed by atoms with van der Waals surface area (Å²) < 4.78 is 5.20. The summed E-state index contributed by atoms with van der Waals surface area (Å²) in [6, 6.07) is 8.83. The summed E-state index contributed by atoms with van der Waals surface area (Å²) >= 11 is 0. The minimum Gasteiger partial charge on any atom is -0.372 e. The van der Waals surface area contributed by atoms with Crippen LogP contribution < -0.4 is 0 Å². The van der Waals surface area contributed by atoms with E-state index in [1.165, 1.54) is 17.5 Å². The molecule has 0 radical (unpaired) electrons. The van der Waals surface area contributed by atoms with Crippen molar-refractivity contribution in [1.29, 1.82) is 0 Å². The fraction of sp³-hybridized carbons (Fsp3) is 0.611. The van der Waals surface area contributed by atoms with Crippen molar-refractivity contribution in [1.82, 2.24) is 4.90 Å². The monoisotopic (exact) mass is 289 g/mol. The van der Waals surface area contributed by atoms with E-state index >= 15 is 0 Å². The molecule has 3 heteroatoms. The molecule has 1 aromatic carbocycles. The number of carbonyl (C=O) groups excluding carboxylic acids is 1. The normalized spacial score (nSPS) is 16.2. The van der Waals surface area contributed by atoms with E-state index in [0.29, 0.717) is 6.61 Å². The summed E-state index contributed by atoms with van der Waals surface area (Å²) in [4.78, 5) is 13.8. The van der Waals surface area contributed by atoms with Crippen LogP contribution in [0.25, 0.3) is 0 Å². The summed E-state index contributed by atoms with van der Waals surface area (Å²) in [7, 11) is 0. The Morgan fingerprint density at radius 1 is 1.24 bits per heavy atom. The second kappa shape index (κ2) is 8.18. The highest BCUT2D eigenvalue weighted by Gasteiger charge is 2.22. The molecule has 3 nitrogen and oxygen atoms in total. The van der Waals surface area contributed by atoms with Crippen molar-refractivity contribution in [2.75, 3.05) is 26.3 Å². The number of benzene rings is 1. The lowest BCUT2D eigenvalue weighted by Crippen LogP contribution is -2.40. The fourth-order valence-corrected chi connectivity index (χ4v) is 2.88. The Labute approximate surface area is 128 Å². The average Bonchev–Trinajstić information content (AvgIpc) is 2.52. The van der Waals surface area contributed by atoms with Gasteiger partial charge in [-0.3, -0.25) is 4.79 Å². The molecule has 0 atom stereocenters. The van der Waals surface area contributed by atoms with Gasteiger partial charge in [0.25, 0.3) is 0 Å². The van der Waals surface area contributed by atoms with Gasteiger partial charge in [0.15, 0.2) is 0 Å². The predicted molar refractivity (Wildman–Crippen MR) is 85.3 cm³/mol. The van der Waals surface area contributed by atoms with Crippen LogP contribution in [0.1, 0.15) is 37.3 Å². The van der Waals surface area contributed by atoms with Gasteiger partial charge in [-0.15, -0.1) is 0 Å². The molecule has 0 bridgehead atoms. The van der Waals surface area contributed by atoms with E-state index in [4.69, 9.17) is 4.74 Å². The van der Waals surface area contributed by atoms with Crippen molar-refractivity contribution in [2.24, 2.45) is 5.92 Å². The van der Waals surface area contributed by atoms with Crippen LogP contribution in [0.3, 0.4) is 0 Å². The van der Waals surface area contributed by atoms with Crippen molar-refractivity contribution < 1.29 is 9.53 Å². The Kier molecular flexibility index (Phi) is 6.24. The van der Waals surface area contributed by atoms with E-state index in [9.17, 15) is 4.79 Å². The number of piperidine rings is 1. The first-order chi connectivity index (χ1) is 10.2. The molecule has 1 saturated heterocycles. The maximum Gasteiger partial charge on any atom is 0.248 e. The average molecular weight is 289 g/mol. The van der Waals surface area contributed by atoms with Crippen LogP contribution in [-0.2, 0) is 16.0 Å². The molecule has 0 spiro atoms. The number of nitrogens with zero attached hydrogens (tertiary/aromatic N) is 1. The summed E-state index contributed by atoms with van der Waals surface area (Å²) in [5.41, 5.74) is 2.75. The van der Waals surface area contributed by atoms with Crippen LogP contribution in [-0.4, -0.2) is 37.1 Å². The lowest BCUT2D eigenvalue weighted by molar-refractivity contribution is -0.137. The molecule has 116 valence electrons. The third-order valence-electron chi connectivity index (χ3n) is 4.36. The van der Waals surface area contributed by atoms with Crippen LogP contribution in [0, 0.1) is 12.8 Å². The molecule has 0 aromatic heterocycles. The van der Waals surface area contributed by atoms with E-state index < -0.39 is 0 Å². The summed E-state index contributed by atoms with van der Waals surface area (Å²) in [6.07, 6.45) is 4.64. The molecular formula is C18H27NO2. The molecule has 1 amide bonds. The second-order valence-corrected chi connectivity index (χ2v) is 5.99. The topological polar surface area (TPSA) is 29.5 Å². The molecule has 0 aliphatic carbocycles. The number of rotatable bonds is 6. The lowest BCUT2D eigenvalue weighted by Gasteiger charge is -2.32. The van der Waals surface area contributed by atoms with Crippen LogP contribution >= 0.6 is 0 Å². The van der Waals surface area contributed by atoms with Crippen molar-refractivity contribution >= 4 is 5.91 Å². The third-order valence-corrected chi connectivity index (χ3v) is 4.36. The van der Waals surface area contributed by atoms with E-state index in [0.717, 1.165) is 38.3 Å². The Balaban J connectivity index is 1.69. The molecule has 2 rings (SSSR count). The first-order valence-electron chi connectivity index (χ1n) is 8.10. The Morgan fingerprint density at radius 2 is 1.90 bits per heavy atom.